The first kappa shape index (κ1) is 36.1. The van der Waals surface area contributed by atoms with E-state index >= 15 is 0 Å². The number of benzene rings is 1. The third-order valence-electron chi connectivity index (χ3n) is 7.10. The largest absolute Gasteiger partial charge is 0.455 e. The van der Waals surface area contributed by atoms with Crippen molar-refractivity contribution in [2.75, 3.05) is 6.54 Å². The minimum absolute atomic E-state index is 0.0163. The second kappa shape index (κ2) is 16.7. The van der Waals surface area contributed by atoms with Gasteiger partial charge in [0, 0.05) is 37.7 Å². The molecule has 43 heavy (non-hydrogen) atoms. The van der Waals surface area contributed by atoms with E-state index in [2.05, 4.69) is 16.6 Å². The maximum atomic E-state index is 14.0. The monoisotopic (exact) mass is 634 g/mol. The molecule has 0 spiro atoms. The highest BCUT2D eigenvalue weighted by atomic mass is 32.1. The zero-order valence-corrected chi connectivity index (χ0v) is 26.1. The Bertz CT molecular complexity index is 1240. The molecule has 240 valence electrons. The Balaban J connectivity index is 2.38. The van der Waals surface area contributed by atoms with E-state index in [-0.39, 0.29) is 35.2 Å². The number of ether oxygens (including phenoxy) is 2. The van der Waals surface area contributed by atoms with Gasteiger partial charge < -0.3 is 14.4 Å². The minimum Gasteiger partial charge on any atom is -0.455 e. The van der Waals surface area contributed by atoms with Crippen molar-refractivity contribution in [1.82, 2.24) is 9.88 Å². The highest BCUT2D eigenvalue weighted by molar-refractivity contribution is 7.09. The molecule has 0 N–H and O–H groups in total. The van der Waals surface area contributed by atoms with Crippen LogP contribution in [0.2, 0.25) is 0 Å². The van der Waals surface area contributed by atoms with E-state index < -0.39 is 58.6 Å². The summed E-state index contributed by atoms with van der Waals surface area (Å²) in [6.45, 7) is 11.7. The van der Waals surface area contributed by atoms with Crippen molar-refractivity contribution in [2.45, 2.75) is 98.6 Å². The molecule has 0 bridgehead atoms. The van der Waals surface area contributed by atoms with Gasteiger partial charge in [0.25, 0.3) is 0 Å². The number of aromatic nitrogens is 1. The average molecular weight is 635 g/mol. The number of carbonyl (C=O) groups excluding carboxylic acids is 3. The van der Waals surface area contributed by atoms with Crippen LogP contribution in [-0.4, -0.2) is 40.3 Å². The smallest absolute Gasteiger partial charge is 0.363 e. The number of carbonyl (C=O) groups is 3. The lowest BCUT2D eigenvalue weighted by Gasteiger charge is -2.37. The molecule has 0 radical (unpaired) electrons. The van der Waals surface area contributed by atoms with Crippen LogP contribution in [0.25, 0.3) is 0 Å². The third-order valence-corrected chi connectivity index (χ3v) is 8.03. The van der Waals surface area contributed by atoms with Gasteiger partial charge in [-0.25, -0.2) is 22.9 Å². The molecule has 0 fully saturated rings. The van der Waals surface area contributed by atoms with Crippen molar-refractivity contribution in [3.63, 3.8) is 0 Å². The summed E-state index contributed by atoms with van der Waals surface area (Å²) in [6, 6.07) is -0.366. The topological polar surface area (TPSA) is 85.8 Å². The molecule has 1 aromatic carbocycles. The van der Waals surface area contributed by atoms with Crippen LogP contribution in [0.15, 0.2) is 5.38 Å². The summed E-state index contributed by atoms with van der Waals surface area (Å²) in [5.41, 5.74) is -0.494. The van der Waals surface area contributed by atoms with E-state index in [4.69, 9.17) is 4.74 Å². The van der Waals surface area contributed by atoms with Gasteiger partial charge in [-0.1, -0.05) is 60.3 Å². The van der Waals surface area contributed by atoms with Crippen molar-refractivity contribution >= 4 is 29.2 Å². The van der Waals surface area contributed by atoms with Crippen LogP contribution >= 0.6 is 11.3 Å². The Morgan fingerprint density at radius 1 is 0.930 bits per heavy atom. The standard InChI is InChI=1S/C30H39F5N2O5S/c1-7-9-10-11-12-37(22(39)13-17(5)8-2)20(16(3)4)14-21(41-18(6)38)29-36-19(15-43-29)30(40)42-28-26(34)24(32)23(31)25(33)27(28)35/h15-17,20-21H,7-14H2,1-6H3/t17-,20+,21+/m0/s1. The Kier molecular flexibility index (Phi) is 14.0. The van der Waals surface area contributed by atoms with Crippen molar-refractivity contribution in [1.29, 1.82) is 0 Å². The molecule has 0 saturated carbocycles. The first-order chi connectivity index (χ1) is 20.2. The summed E-state index contributed by atoms with van der Waals surface area (Å²) in [5.74, 6) is -15.3. The Morgan fingerprint density at radius 3 is 2.07 bits per heavy atom. The zero-order chi connectivity index (χ0) is 32.4. The number of halogens is 5. The molecule has 0 aliphatic rings. The van der Waals surface area contributed by atoms with E-state index in [1.165, 1.54) is 6.92 Å². The summed E-state index contributed by atoms with van der Waals surface area (Å²) in [4.78, 5) is 44.1. The Morgan fingerprint density at radius 2 is 1.53 bits per heavy atom. The number of amides is 1. The molecule has 0 saturated heterocycles. The van der Waals surface area contributed by atoms with Crippen molar-refractivity contribution in [3.05, 3.63) is 45.2 Å². The van der Waals surface area contributed by atoms with Gasteiger partial charge in [-0.15, -0.1) is 11.3 Å². The van der Waals surface area contributed by atoms with Crippen LogP contribution in [0.5, 0.6) is 5.75 Å². The van der Waals surface area contributed by atoms with Gasteiger partial charge in [0.05, 0.1) is 0 Å². The quantitative estimate of drug-likeness (QED) is 0.0466. The molecule has 1 aromatic heterocycles. The molecule has 7 nitrogen and oxygen atoms in total. The average Bonchev–Trinajstić information content (AvgIpc) is 3.46. The number of hydrogen-bond acceptors (Lipinski definition) is 7. The van der Waals surface area contributed by atoms with E-state index in [9.17, 15) is 36.3 Å². The molecule has 2 rings (SSSR count). The second-order valence-corrected chi connectivity index (χ2v) is 11.8. The van der Waals surface area contributed by atoms with E-state index in [0.717, 1.165) is 48.8 Å². The summed E-state index contributed by atoms with van der Waals surface area (Å²) >= 11 is 0.880. The molecule has 3 atom stereocenters. The van der Waals surface area contributed by atoms with Gasteiger partial charge in [-0.2, -0.15) is 8.78 Å². The zero-order valence-electron chi connectivity index (χ0n) is 25.3. The van der Waals surface area contributed by atoms with E-state index in [1.807, 2.05) is 32.6 Å². The van der Waals surface area contributed by atoms with Crippen LogP contribution in [0.1, 0.15) is 108 Å². The summed E-state index contributed by atoms with van der Waals surface area (Å²) in [7, 11) is 0. The lowest BCUT2D eigenvalue weighted by Crippen LogP contribution is -2.45. The van der Waals surface area contributed by atoms with Crippen molar-refractivity contribution < 1.29 is 45.8 Å². The van der Waals surface area contributed by atoms with Gasteiger partial charge in [0.2, 0.25) is 40.7 Å². The van der Waals surface area contributed by atoms with Crippen LogP contribution in [0, 0.1) is 40.9 Å². The fraction of sp³-hybridized carbons (Fsp3) is 0.600. The molecule has 0 aliphatic carbocycles. The van der Waals surface area contributed by atoms with E-state index in [0.29, 0.717) is 13.0 Å². The molecular weight excluding hydrogens is 595 g/mol. The molecule has 1 heterocycles. The predicted octanol–water partition coefficient (Wildman–Crippen LogP) is 7.92. The normalized spacial score (nSPS) is 13.5. The van der Waals surface area contributed by atoms with Gasteiger partial charge in [-0.3, -0.25) is 9.59 Å². The van der Waals surface area contributed by atoms with Crippen molar-refractivity contribution in [3.8, 4) is 5.75 Å². The second-order valence-electron chi connectivity index (χ2n) is 10.9. The first-order valence-electron chi connectivity index (χ1n) is 14.4. The molecular formula is C30H39F5N2O5S. The first-order valence-corrected chi connectivity index (χ1v) is 15.3. The lowest BCUT2D eigenvalue weighted by molar-refractivity contribution is -0.148. The predicted molar refractivity (Wildman–Crippen MR) is 151 cm³/mol. The SMILES string of the molecule is CCCCCCN(C(=O)C[C@@H](C)CC)[C@H](C[C@@H](OC(C)=O)c1nc(C(=O)Oc2c(F)c(F)c(F)c(F)c2F)cs1)C(C)C. The lowest BCUT2D eigenvalue weighted by atomic mass is 9.94. The number of thiazole rings is 1. The molecule has 0 aliphatic heterocycles. The van der Waals surface area contributed by atoms with Crippen LogP contribution in [-0.2, 0) is 14.3 Å². The number of unbranched alkanes of at least 4 members (excludes halogenated alkanes) is 3. The number of nitrogens with zero attached hydrogens (tertiary/aromatic N) is 2. The Hall–Kier alpha value is -3.09. The fourth-order valence-electron chi connectivity index (χ4n) is 4.47. The van der Waals surface area contributed by atoms with Gasteiger partial charge in [0.1, 0.15) is 5.01 Å². The minimum atomic E-state index is -2.39. The number of rotatable bonds is 16. The molecule has 13 heteroatoms. The van der Waals surface area contributed by atoms with Gasteiger partial charge in [-0.05, 0) is 18.3 Å². The maximum Gasteiger partial charge on any atom is 0.363 e. The number of hydrogen-bond donors (Lipinski definition) is 0. The summed E-state index contributed by atoms with van der Waals surface area (Å²) < 4.78 is 78.6. The molecule has 2 aromatic rings. The fourth-order valence-corrected chi connectivity index (χ4v) is 5.30. The van der Waals surface area contributed by atoms with Gasteiger partial charge in [0.15, 0.2) is 11.8 Å². The maximum absolute atomic E-state index is 14.0. The van der Waals surface area contributed by atoms with Crippen LogP contribution in [0.3, 0.4) is 0 Å². The van der Waals surface area contributed by atoms with E-state index in [1.54, 1.807) is 0 Å². The Labute approximate surface area is 252 Å². The van der Waals surface area contributed by atoms with Crippen molar-refractivity contribution in [2.24, 2.45) is 11.8 Å². The van der Waals surface area contributed by atoms with Crippen LogP contribution < -0.4 is 4.74 Å². The summed E-state index contributed by atoms with van der Waals surface area (Å²) in [6.07, 6.45) is 4.14. The highest BCUT2D eigenvalue weighted by Crippen LogP contribution is 2.33. The molecule has 0 unspecified atom stereocenters. The van der Waals surface area contributed by atoms with Gasteiger partial charge >= 0.3 is 11.9 Å². The van der Waals surface area contributed by atoms with Crippen LogP contribution in [0.4, 0.5) is 22.0 Å². The molecule has 1 amide bonds. The third kappa shape index (κ3) is 9.70. The number of esters is 2. The summed E-state index contributed by atoms with van der Waals surface area (Å²) in [5, 5.41) is 1.28. The highest BCUT2D eigenvalue weighted by Gasteiger charge is 2.34.